The molecule has 1 fully saturated rings. The van der Waals surface area contributed by atoms with Gasteiger partial charge in [0.05, 0.1) is 18.8 Å². The van der Waals surface area contributed by atoms with Gasteiger partial charge in [-0.15, -0.1) is 6.58 Å². The van der Waals surface area contributed by atoms with E-state index < -0.39 is 0 Å². The minimum atomic E-state index is 0.196. The molecule has 2 unspecified atom stereocenters. The van der Waals surface area contributed by atoms with Crippen LogP contribution in [-0.4, -0.2) is 61.5 Å². The number of ether oxygens (including phenoxy) is 1. The third-order valence-electron chi connectivity index (χ3n) is 3.08. The number of aliphatic hydroxyl groups excluding tert-OH is 1. The molecule has 0 bridgehead atoms. The lowest BCUT2D eigenvalue weighted by atomic mass is 10.2. The summed E-state index contributed by atoms with van der Waals surface area (Å²) in [5, 5.41) is 12.3. The SMILES string of the molecule is C=CCN(CCO)CC1CCC(CNCC)O1. The summed E-state index contributed by atoms with van der Waals surface area (Å²) in [6.07, 6.45) is 4.80. The van der Waals surface area contributed by atoms with Crippen LogP contribution in [0, 0.1) is 0 Å². The van der Waals surface area contributed by atoms with Gasteiger partial charge in [0.15, 0.2) is 0 Å². The number of hydrogen-bond donors (Lipinski definition) is 2. The van der Waals surface area contributed by atoms with Crippen molar-refractivity contribution in [1.82, 2.24) is 10.2 Å². The van der Waals surface area contributed by atoms with Gasteiger partial charge in [-0.3, -0.25) is 4.90 Å². The third-order valence-corrected chi connectivity index (χ3v) is 3.08. The summed E-state index contributed by atoms with van der Waals surface area (Å²) < 4.78 is 5.97. The van der Waals surface area contributed by atoms with E-state index in [4.69, 9.17) is 9.84 Å². The second-order valence-electron chi connectivity index (χ2n) is 4.54. The van der Waals surface area contributed by atoms with Gasteiger partial charge < -0.3 is 15.2 Å². The molecule has 2 atom stereocenters. The van der Waals surface area contributed by atoms with Crippen molar-refractivity contribution in [3.8, 4) is 0 Å². The van der Waals surface area contributed by atoms with Gasteiger partial charge in [-0.25, -0.2) is 0 Å². The van der Waals surface area contributed by atoms with Crippen LogP contribution in [0.4, 0.5) is 0 Å². The Bertz CT molecular complexity index is 212. The van der Waals surface area contributed by atoms with Crippen LogP contribution in [0.2, 0.25) is 0 Å². The molecule has 1 rings (SSSR count). The van der Waals surface area contributed by atoms with Gasteiger partial charge >= 0.3 is 0 Å². The van der Waals surface area contributed by atoms with Crippen molar-refractivity contribution in [3.05, 3.63) is 12.7 Å². The molecule has 2 N–H and O–H groups in total. The van der Waals surface area contributed by atoms with E-state index in [1.165, 1.54) is 0 Å². The summed E-state index contributed by atoms with van der Waals surface area (Å²) in [5.74, 6) is 0. The third kappa shape index (κ3) is 5.64. The summed E-state index contributed by atoms with van der Waals surface area (Å²) in [4.78, 5) is 2.19. The van der Waals surface area contributed by atoms with Crippen LogP contribution in [0.3, 0.4) is 0 Å². The number of hydrogen-bond acceptors (Lipinski definition) is 4. The number of likely N-dealkylation sites (N-methyl/N-ethyl adjacent to an activating group) is 1. The number of nitrogens with one attached hydrogen (secondary N) is 1. The first-order valence-corrected chi connectivity index (χ1v) is 6.60. The summed E-state index contributed by atoms with van der Waals surface area (Å²) in [6, 6.07) is 0. The van der Waals surface area contributed by atoms with Crippen LogP contribution >= 0.6 is 0 Å². The van der Waals surface area contributed by atoms with E-state index in [0.717, 1.165) is 39.0 Å². The molecule has 17 heavy (non-hydrogen) atoms. The van der Waals surface area contributed by atoms with Gasteiger partial charge in [0, 0.05) is 26.2 Å². The van der Waals surface area contributed by atoms with E-state index >= 15 is 0 Å². The molecule has 0 radical (unpaired) electrons. The van der Waals surface area contributed by atoms with E-state index in [2.05, 4.69) is 23.7 Å². The number of rotatable bonds is 9. The summed E-state index contributed by atoms with van der Waals surface area (Å²) >= 11 is 0. The Hall–Kier alpha value is -0.420. The van der Waals surface area contributed by atoms with E-state index in [9.17, 15) is 0 Å². The molecule has 0 aromatic heterocycles. The largest absolute Gasteiger partial charge is 0.395 e. The molecule has 4 heteroatoms. The van der Waals surface area contributed by atoms with E-state index in [-0.39, 0.29) is 6.61 Å². The molecule has 0 aromatic rings. The van der Waals surface area contributed by atoms with Crippen molar-refractivity contribution in [1.29, 1.82) is 0 Å². The Kier molecular flexibility index (Phi) is 7.44. The van der Waals surface area contributed by atoms with Crippen LogP contribution in [0.15, 0.2) is 12.7 Å². The zero-order chi connectivity index (χ0) is 12.5. The lowest BCUT2D eigenvalue weighted by Gasteiger charge is -2.23. The molecule has 0 amide bonds. The van der Waals surface area contributed by atoms with Crippen molar-refractivity contribution >= 4 is 0 Å². The Labute approximate surface area is 105 Å². The van der Waals surface area contributed by atoms with E-state index in [1.54, 1.807) is 0 Å². The molecule has 0 saturated carbocycles. The zero-order valence-electron chi connectivity index (χ0n) is 10.9. The number of aliphatic hydroxyl groups is 1. The van der Waals surface area contributed by atoms with Crippen LogP contribution in [0.25, 0.3) is 0 Å². The molecule has 0 aromatic carbocycles. The lowest BCUT2D eigenvalue weighted by molar-refractivity contribution is 0.0231. The fraction of sp³-hybridized carbons (Fsp3) is 0.846. The molecule has 1 aliphatic heterocycles. The number of nitrogens with zero attached hydrogens (tertiary/aromatic N) is 1. The Balaban J connectivity index is 2.24. The normalized spacial score (nSPS) is 24.4. The van der Waals surface area contributed by atoms with E-state index in [1.807, 2.05) is 6.08 Å². The van der Waals surface area contributed by atoms with Crippen molar-refractivity contribution in [2.45, 2.75) is 32.0 Å². The van der Waals surface area contributed by atoms with Crippen molar-refractivity contribution < 1.29 is 9.84 Å². The molecule has 4 nitrogen and oxygen atoms in total. The van der Waals surface area contributed by atoms with Gasteiger partial charge in [-0.05, 0) is 19.4 Å². The molecule has 1 aliphatic rings. The quantitative estimate of drug-likeness (QED) is 0.582. The van der Waals surface area contributed by atoms with Crippen molar-refractivity contribution in [2.75, 3.05) is 39.3 Å². The van der Waals surface area contributed by atoms with Crippen LogP contribution in [0.5, 0.6) is 0 Å². The average Bonchev–Trinajstić information content (AvgIpc) is 2.75. The molecular weight excluding hydrogens is 216 g/mol. The maximum atomic E-state index is 8.98. The van der Waals surface area contributed by atoms with Gasteiger partial charge in [-0.2, -0.15) is 0 Å². The second-order valence-corrected chi connectivity index (χ2v) is 4.54. The summed E-state index contributed by atoms with van der Waals surface area (Å²) in [5.41, 5.74) is 0. The van der Waals surface area contributed by atoms with Crippen molar-refractivity contribution in [3.63, 3.8) is 0 Å². The standard InChI is InChI=1S/C13H26N2O2/c1-3-7-15(8-9-16)11-13-6-5-12(17-13)10-14-4-2/h3,12-14,16H,1,4-11H2,2H3. The average molecular weight is 242 g/mol. The van der Waals surface area contributed by atoms with Gasteiger partial charge in [-0.1, -0.05) is 13.0 Å². The predicted octanol–water partition coefficient (Wildman–Crippen LogP) is 0.624. The predicted molar refractivity (Wildman–Crippen MR) is 70.2 cm³/mol. The first kappa shape index (κ1) is 14.6. The van der Waals surface area contributed by atoms with E-state index in [0.29, 0.717) is 18.8 Å². The first-order chi connectivity index (χ1) is 8.30. The summed E-state index contributed by atoms with van der Waals surface area (Å²) in [7, 11) is 0. The zero-order valence-corrected chi connectivity index (χ0v) is 10.9. The van der Waals surface area contributed by atoms with Gasteiger partial charge in [0.25, 0.3) is 0 Å². The molecule has 1 saturated heterocycles. The molecular formula is C13H26N2O2. The minimum absolute atomic E-state index is 0.196. The maximum Gasteiger partial charge on any atom is 0.0707 e. The highest BCUT2D eigenvalue weighted by molar-refractivity contribution is 4.80. The maximum absolute atomic E-state index is 8.98. The smallest absolute Gasteiger partial charge is 0.0707 e. The molecule has 0 spiro atoms. The van der Waals surface area contributed by atoms with Crippen LogP contribution in [-0.2, 0) is 4.74 Å². The monoisotopic (exact) mass is 242 g/mol. The molecule has 1 heterocycles. The highest BCUT2D eigenvalue weighted by Crippen LogP contribution is 2.20. The fourth-order valence-electron chi connectivity index (χ4n) is 2.24. The van der Waals surface area contributed by atoms with Gasteiger partial charge in [0.1, 0.15) is 0 Å². The topological polar surface area (TPSA) is 44.7 Å². The summed E-state index contributed by atoms with van der Waals surface area (Å²) in [6.45, 7) is 10.4. The van der Waals surface area contributed by atoms with Crippen molar-refractivity contribution in [2.24, 2.45) is 0 Å². The first-order valence-electron chi connectivity index (χ1n) is 6.60. The lowest BCUT2D eigenvalue weighted by Crippen LogP contribution is -2.35. The molecule has 100 valence electrons. The highest BCUT2D eigenvalue weighted by Gasteiger charge is 2.25. The Morgan fingerprint density at radius 3 is 2.88 bits per heavy atom. The second kappa shape index (κ2) is 8.64. The highest BCUT2D eigenvalue weighted by atomic mass is 16.5. The minimum Gasteiger partial charge on any atom is -0.395 e. The Morgan fingerprint density at radius 2 is 2.24 bits per heavy atom. The Morgan fingerprint density at radius 1 is 1.47 bits per heavy atom. The van der Waals surface area contributed by atoms with Crippen LogP contribution in [0.1, 0.15) is 19.8 Å². The van der Waals surface area contributed by atoms with Crippen LogP contribution < -0.4 is 5.32 Å². The molecule has 0 aliphatic carbocycles. The van der Waals surface area contributed by atoms with Gasteiger partial charge in [0.2, 0.25) is 0 Å². The fourth-order valence-corrected chi connectivity index (χ4v) is 2.24.